The quantitative estimate of drug-likeness (QED) is 0.732. The van der Waals surface area contributed by atoms with E-state index >= 15 is 0 Å². The van der Waals surface area contributed by atoms with Crippen molar-refractivity contribution in [1.82, 2.24) is 5.32 Å². The first-order chi connectivity index (χ1) is 9.12. The van der Waals surface area contributed by atoms with Crippen molar-refractivity contribution in [1.29, 1.82) is 0 Å². The molecule has 6 heteroatoms. The summed E-state index contributed by atoms with van der Waals surface area (Å²) in [7, 11) is 0. The summed E-state index contributed by atoms with van der Waals surface area (Å²) in [5, 5.41) is 21.5. The highest BCUT2D eigenvalue weighted by Crippen LogP contribution is 2.22. The van der Waals surface area contributed by atoms with Gasteiger partial charge < -0.3 is 14.9 Å². The average Bonchev–Trinajstić information content (AvgIpc) is 2.26. The Labute approximate surface area is 117 Å². The van der Waals surface area contributed by atoms with Gasteiger partial charge >= 0.3 is 12.1 Å². The Kier molecular flexibility index (Phi) is 4.73. The van der Waals surface area contributed by atoms with Gasteiger partial charge in [-0.25, -0.2) is 4.79 Å². The summed E-state index contributed by atoms with van der Waals surface area (Å²) in [6, 6.07) is 8.05. The van der Waals surface area contributed by atoms with Crippen LogP contribution in [0, 0.1) is 0 Å². The molecule has 1 aromatic carbocycles. The second kappa shape index (κ2) is 5.92. The number of hydrogen-bond acceptors (Lipinski definition) is 4. The second-order valence-electron chi connectivity index (χ2n) is 5.42. The molecule has 1 amide bonds. The maximum atomic E-state index is 11.7. The molecule has 0 aliphatic rings. The Morgan fingerprint density at radius 1 is 1.20 bits per heavy atom. The molecule has 20 heavy (non-hydrogen) atoms. The minimum Gasteiger partial charge on any atom is -0.481 e. The van der Waals surface area contributed by atoms with Gasteiger partial charge in [0.1, 0.15) is 5.60 Å². The number of ether oxygens (including phenoxy) is 1. The number of amides is 1. The molecule has 0 spiro atoms. The summed E-state index contributed by atoms with van der Waals surface area (Å²) in [6.07, 6.45) is -1.55. The van der Waals surface area contributed by atoms with Gasteiger partial charge in [-0.2, -0.15) is 0 Å². The van der Waals surface area contributed by atoms with E-state index in [0.29, 0.717) is 0 Å². The number of benzene rings is 1. The van der Waals surface area contributed by atoms with Gasteiger partial charge in [0, 0.05) is 5.56 Å². The van der Waals surface area contributed by atoms with Crippen LogP contribution < -0.4 is 5.32 Å². The molecule has 1 aromatic rings. The van der Waals surface area contributed by atoms with Crippen molar-refractivity contribution in [2.45, 2.75) is 38.5 Å². The largest absolute Gasteiger partial charge is 0.481 e. The van der Waals surface area contributed by atoms with E-state index in [9.17, 15) is 14.7 Å². The number of carboxylic acid groups (broad SMARTS) is 1. The van der Waals surface area contributed by atoms with E-state index in [1.54, 1.807) is 39.0 Å². The number of rotatable bonds is 4. The summed E-state index contributed by atoms with van der Waals surface area (Å²) < 4.78 is 5.03. The number of carbonyl (C=O) groups is 2. The lowest BCUT2D eigenvalue weighted by molar-refractivity contribution is -0.144. The van der Waals surface area contributed by atoms with Gasteiger partial charge in [-0.1, -0.05) is 30.3 Å². The van der Waals surface area contributed by atoms with Gasteiger partial charge in [-0.3, -0.25) is 10.1 Å². The Balaban J connectivity index is 2.96. The number of aliphatic hydroxyl groups is 1. The first-order valence-electron chi connectivity index (χ1n) is 6.13. The number of carboxylic acids is 1. The first-order valence-corrected chi connectivity index (χ1v) is 6.13. The number of alkyl carbamates (subject to hydrolysis) is 1. The highest BCUT2D eigenvalue weighted by molar-refractivity contribution is 5.73. The third-order valence-corrected chi connectivity index (χ3v) is 2.37. The predicted molar refractivity (Wildman–Crippen MR) is 72.0 cm³/mol. The van der Waals surface area contributed by atoms with E-state index in [-0.39, 0.29) is 5.56 Å². The molecule has 1 atom stereocenters. The van der Waals surface area contributed by atoms with Crippen LogP contribution in [0.1, 0.15) is 32.8 Å². The minimum absolute atomic E-state index is 0.272. The summed E-state index contributed by atoms with van der Waals surface area (Å²) in [4.78, 5) is 22.6. The predicted octanol–water partition coefficient (Wildman–Crippen LogP) is 1.83. The first kappa shape index (κ1) is 16.0. The fourth-order valence-corrected chi connectivity index (χ4v) is 1.62. The van der Waals surface area contributed by atoms with Crippen LogP contribution in [0.5, 0.6) is 0 Å². The zero-order valence-corrected chi connectivity index (χ0v) is 11.7. The lowest BCUT2D eigenvalue weighted by Gasteiger charge is -2.29. The van der Waals surface area contributed by atoms with Crippen LogP contribution in [0.4, 0.5) is 4.79 Å². The Morgan fingerprint density at radius 2 is 1.75 bits per heavy atom. The van der Waals surface area contributed by atoms with Gasteiger partial charge in [0.2, 0.25) is 0 Å². The van der Waals surface area contributed by atoms with Crippen molar-refractivity contribution in [3.05, 3.63) is 35.9 Å². The average molecular weight is 281 g/mol. The number of hydrogen-bond donors (Lipinski definition) is 3. The van der Waals surface area contributed by atoms with Crippen LogP contribution in [0.15, 0.2) is 30.3 Å². The van der Waals surface area contributed by atoms with Crippen molar-refractivity contribution in [3.8, 4) is 0 Å². The minimum atomic E-state index is -2.02. The van der Waals surface area contributed by atoms with Crippen LogP contribution >= 0.6 is 0 Å². The molecule has 0 radical (unpaired) electrons. The van der Waals surface area contributed by atoms with Gasteiger partial charge in [0.15, 0.2) is 5.72 Å². The van der Waals surface area contributed by atoms with Crippen LogP contribution in [0.2, 0.25) is 0 Å². The van der Waals surface area contributed by atoms with E-state index in [1.165, 1.54) is 12.1 Å². The van der Waals surface area contributed by atoms with Gasteiger partial charge in [0.25, 0.3) is 0 Å². The summed E-state index contributed by atoms with van der Waals surface area (Å²) in [5.74, 6) is -1.24. The lowest BCUT2D eigenvalue weighted by atomic mass is 9.99. The maximum absolute atomic E-state index is 11.7. The molecule has 0 saturated heterocycles. The lowest BCUT2D eigenvalue weighted by Crippen LogP contribution is -2.49. The monoisotopic (exact) mass is 281 g/mol. The van der Waals surface area contributed by atoms with E-state index in [2.05, 4.69) is 5.32 Å². The molecule has 1 rings (SSSR count). The molecular weight excluding hydrogens is 262 g/mol. The third kappa shape index (κ3) is 4.89. The second-order valence-corrected chi connectivity index (χ2v) is 5.42. The van der Waals surface area contributed by atoms with Crippen LogP contribution in [-0.2, 0) is 15.3 Å². The van der Waals surface area contributed by atoms with E-state index in [1.807, 2.05) is 0 Å². The molecule has 0 aromatic heterocycles. The van der Waals surface area contributed by atoms with Crippen molar-refractivity contribution in [2.24, 2.45) is 0 Å². The van der Waals surface area contributed by atoms with Gasteiger partial charge in [0.05, 0.1) is 6.42 Å². The molecule has 110 valence electrons. The molecule has 0 heterocycles. The molecule has 0 aliphatic heterocycles. The Morgan fingerprint density at radius 3 is 2.20 bits per heavy atom. The fourth-order valence-electron chi connectivity index (χ4n) is 1.62. The highest BCUT2D eigenvalue weighted by Gasteiger charge is 2.35. The third-order valence-electron chi connectivity index (χ3n) is 2.37. The molecular formula is C14H19NO5. The number of aliphatic carboxylic acids is 1. The molecule has 0 fully saturated rings. The molecule has 1 unspecified atom stereocenters. The molecule has 0 aliphatic carbocycles. The molecule has 6 nitrogen and oxygen atoms in total. The summed E-state index contributed by atoms with van der Waals surface area (Å²) in [5.41, 5.74) is -2.49. The SMILES string of the molecule is CC(C)(C)OC(=O)NC(O)(CC(=O)O)c1ccccc1. The normalized spacial score (nSPS) is 14.2. The summed E-state index contributed by atoms with van der Waals surface area (Å²) >= 11 is 0. The van der Waals surface area contributed by atoms with E-state index in [0.717, 1.165) is 0 Å². The van der Waals surface area contributed by atoms with Crippen molar-refractivity contribution < 1.29 is 24.5 Å². The summed E-state index contributed by atoms with van der Waals surface area (Å²) in [6.45, 7) is 5.02. The van der Waals surface area contributed by atoms with E-state index in [4.69, 9.17) is 9.84 Å². The number of nitrogens with one attached hydrogen (secondary N) is 1. The smallest absolute Gasteiger partial charge is 0.410 e. The van der Waals surface area contributed by atoms with Crippen LogP contribution in [-0.4, -0.2) is 27.9 Å². The van der Waals surface area contributed by atoms with Crippen LogP contribution in [0.3, 0.4) is 0 Å². The topological polar surface area (TPSA) is 95.9 Å². The number of carbonyl (C=O) groups excluding carboxylic acids is 1. The molecule has 3 N–H and O–H groups in total. The maximum Gasteiger partial charge on any atom is 0.410 e. The molecule has 0 bridgehead atoms. The van der Waals surface area contributed by atoms with Crippen molar-refractivity contribution in [2.75, 3.05) is 0 Å². The zero-order chi connectivity index (χ0) is 15.4. The van der Waals surface area contributed by atoms with Gasteiger partial charge in [-0.05, 0) is 20.8 Å². The van der Waals surface area contributed by atoms with Gasteiger partial charge in [-0.15, -0.1) is 0 Å². The van der Waals surface area contributed by atoms with Crippen molar-refractivity contribution in [3.63, 3.8) is 0 Å². The highest BCUT2D eigenvalue weighted by atomic mass is 16.6. The van der Waals surface area contributed by atoms with Crippen LogP contribution in [0.25, 0.3) is 0 Å². The fraction of sp³-hybridized carbons (Fsp3) is 0.429. The van der Waals surface area contributed by atoms with E-state index < -0.39 is 29.8 Å². The standard InChI is InChI=1S/C14H19NO5/c1-13(2,3)20-12(18)15-14(19,9-11(16)17)10-7-5-4-6-8-10/h4-8,19H,9H2,1-3H3,(H,15,18)(H,16,17). The Bertz CT molecular complexity index is 480. The zero-order valence-electron chi connectivity index (χ0n) is 11.7. The Hall–Kier alpha value is -2.08. The van der Waals surface area contributed by atoms with Crippen molar-refractivity contribution >= 4 is 12.1 Å². The molecule has 0 saturated carbocycles.